The van der Waals surface area contributed by atoms with Crippen LogP contribution >= 0.6 is 35.0 Å². The summed E-state index contributed by atoms with van der Waals surface area (Å²) in [6.07, 6.45) is 5.36. The van der Waals surface area contributed by atoms with Crippen molar-refractivity contribution in [2.75, 3.05) is 5.75 Å². The molecule has 0 unspecified atom stereocenters. The number of benzene rings is 2. The van der Waals surface area contributed by atoms with Gasteiger partial charge in [-0.2, -0.15) is 0 Å². The van der Waals surface area contributed by atoms with Crippen molar-refractivity contribution in [3.8, 4) is 0 Å². The molecule has 3 rings (SSSR count). The third kappa shape index (κ3) is 7.62. The quantitative estimate of drug-likeness (QED) is 0.434. The number of carbonyl (C=O) groups is 2. The highest BCUT2D eigenvalue weighted by molar-refractivity contribution is 7.99. The Balaban J connectivity index is 1.68. The predicted molar refractivity (Wildman–Crippen MR) is 134 cm³/mol. The Morgan fingerprint density at radius 1 is 1.15 bits per heavy atom. The first-order valence-electron chi connectivity index (χ1n) is 11.2. The third-order valence-electron chi connectivity index (χ3n) is 5.89. The van der Waals surface area contributed by atoms with E-state index in [4.69, 9.17) is 23.2 Å². The lowest BCUT2D eigenvalue weighted by atomic mass is 9.95. The highest BCUT2D eigenvalue weighted by Crippen LogP contribution is 2.25. The van der Waals surface area contributed by atoms with E-state index in [1.165, 1.54) is 24.2 Å². The maximum absolute atomic E-state index is 14.1. The van der Waals surface area contributed by atoms with Crippen molar-refractivity contribution in [1.82, 2.24) is 10.2 Å². The summed E-state index contributed by atoms with van der Waals surface area (Å²) < 4.78 is 14.1. The number of halogens is 3. The molecule has 1 aliphatic carbocycles. The molecule has 0 heterocycles. The molecule has 33 heavy (non-hydrogen) atoms. The molecular formula is C25H29Cl2FN2O2S. The molecule has 0 aromatic heterocycles. The summed E-state index contributed by atoms with van der Waals surface area (Å²) in [6.45, 7) is 2.01. The Kier molecular flexibility index (Phi) is 9.90. The Labute approximate surface area is 209 Å². The highest BCUT2D eigenvalue weighted by atomic mass is 35.5. The molecule has 0 saturated heterocycles. The molecule has 0 spiro atoms. The fourth-order valence-corrected chi connectivity index (χ4v) is 5.44. The maximum Gasteiger partial charge on any atom is 0.242 e. The van der Waals surface area contributed by atoms with Crippen LogP contribution in [-0.2, 0) is 21.9 Å². The van der Waals surface area contributed by atoms with Crippen molar-refractivity contribution in [3.05, 3.63) is 69.5 Å². The van der Waals surface area contributed by atoms with Crippen LogP contribution < -0.4 is 5.32 Å². The van der Waals surface area contributed by atoms with E-state index in [-0.39, 0.29) is 35.9 Å². The van der Waals surface area contributed by atoms with Crippen molar-refractivity contribution >= 4 is 46.8 Å². The van der Waals surface area contributed by atoms with Crippen molar-refractivity contribution < 1.29 is 14.0 Å². The topological polar surface area (TPSA) is 49.4 Å². The van der Waals surface area contributed by atoms with Crippen LogP contribution in [0, 0.1) is 5.82 Å². The molecule has 178 valence electrons. The molecule has 4 nitrogen and oxygen atoms in total. The van der Waals surface area contributed by atoms with Gasteiger partial charge in [0.25, 0.3) is 0 Å². The average Bonchev–Trinajstić information content (AvgIpc) is 2.79. The molecule has 1 saturated carbocycles. The predicted octanol–water partition coefficient (Wildman–Crippen LogP) is 6.23. The van der Waals surface area contributed by atoms with Crippen molar-refractivity contribution in [1.29, 1.82) is 0 Å². The summed E-state index contributed by atoms with van der Waals surface area (Å²) in [7, 11) is 0. The van der Waals surface area contributed by atoms with E-state index < -0.39 is 11.9 Å². The Morgan fingerprint density at radius 3 is 2.58 bits per heavy atom. The zero-order chi connectivity index (χ0) is 23.8. The second-order valence-electron chi connectivity index (χ2n) is 8.36. The Bertz CT molecular complexity index is 949. The summed E-state index contributed by atoms with van der Waals surface area (Å²) in [5.41, 5.74) is 1.22. The van der Waals surface area contributed by atoms with E-state index in [9.17, 15) is 14.0 Å². The molecular weight excluding hydrogens is 482 g/mol. The van der Waals surface area contributed by atoms with Gasteiger partial charge < -0.3 is 10.2 Å². The van der Waals surface area contributed by atoms with Gasteiger partial charge in [-0.15, -0.1) is 11.8 Å². The Morgan fingerprint density at radius 2 is 1.88 bits per heavy atom. The first-order valence-corrected chi connectivity index (χ1v) is 13.1. The first kappa shape index (κ1) is 25.9. The molecule has 1 fully saturated rings. The molecule has 0 radical (unpaired) electrons. The lowest BCUT2D eigenvalue weighted by Gasteiger charge is -2.31. The van der Waals surface area contributed by atoms with Crippen LogP contribution in [0.3, 0.4) is 0 Å². The number of hydrogen-bond acceptors (Lipinski definition) is 3. The number of hydrogen-bond donors (Lipinski definition) is 1. The summed E-state index contributed by atoms with van der Waals surface area (Å²) in [5.74, 6) is -0.367. The number of nitrogens with one attached hydrogen (secondary N) is 1. The number of nitrogens with zero attached hydrogens (tertiary/aromatic N) is 1. The lowest BCUT2D eigenvalue weighted by Crippen LogP contribution is -2.50. The van der Waals surface area contributed by atoms with E-state index in [0.717, 1.165) is 31.2 Å². The van der Waals surface area contributed by atoms with Crippen LogP contribution in [0.2, 0.25) is 10.0 Å². The van der Waals surface area contributed by atoms with Crippen molar-refractivity contribution in [2.24, 2.45) is 0 Å². The summed E-state index contributed by atoms with van der Waals surface area (Å²) in [5, 5.41) is 4.03. The van der Waals surface area contributed by atoms with Crippen LogP contribution in [-0.4, -0.2) is 34.6 Å². The minimum atomic E-state index is -0.643. The molecule has 0 aliphatic heterocycles. The van der Waals surface area contributed by atoms with Gasteiger partial charge >= 0.3 is 0 Å². The van der Waals surface area contributed by atoms with Crippen molar-refractivity contribution in [2.45, 2.75) is 63.4 Å². The highest BCUT2D eigenvalue weighted by Gasteiger charge is 2.28. The lowest BCUT2D eigenvalue weighted by molar-refractivity contribution is -0.139. The molecule has 2 aromatic rings. The minimum absolute atomic E-state index is 0.103. The monoisotopic (exact) mass is 510 g/mol. The summed E-state index contributed by atoms with van der Waals surface area (Å²) >= 11 is 13.5. The molecule has 1 aliphatic rings. The molecule has 0 bridgehead atoms. The SMILES string of the molecule is C[C@H](C(=O)NC1CCCCC1)N(Cc1cccc(Cl)c1)C(=O)CSCc1c(F)cccc1Cl. The molecule has 1 atom stereocenters. The van der Waals surface area contributed by atoms with Crippen molar-refractivity contribution in [3.63, 3.8) is 0 Å². The van der Waals surface area contributed by atoms with Gasteiger partial charge in [-0.05, 0) is 49.6 Å². The minimum Gasteiger partial charge on any atom is -0.352 e. The smallest absolute Gasteiger partial charge is 0.242 e. The van der Waals surface area contributed by atoms with Gasteiger partial charge in [0.1, 0.15) is 11.9 Å². The van der Waals surface area contributed by atoms with E-state index in [1.54, 1.807) is 36.1 Å². The van der Waals surface area contributed by atoms with E-state index >= 15 is 0 Å². The number of thioether (sulfide) groups is 1. The van der Waals surface area contributed by atoms with Gasteiger partial charge in [0, 0.05) is 33.9 Å². The van der Waals surface area contributed by atoms with Gasteiger partial charge in [-0.1, -0.05) is 60.7 Å². The van der Waals surface area contributed by atoms with Crippen LogP contribution in [0.5, 0.6) is 0 Å². The molecule has 8 heteroatoms. The standard InChI is InChI=1S/C25H29Cl2FN2O2S/c1-17(25(32)29-20-9-3-2-4-10-20)30(14-18-7-5-8-19(26)13-18)24(31)16-33-15-21-22(27)11-6-12-23(21)28/h5-8,11-13,17,20H,2-4,9-10,14-16H2,1H3,(H,29,32)/t17-/m1/s1. The van der Waals surface area contributed by atoms with Gasteiger partial charge in [-0.3, -0.25) is 9.59 Å². The normalized spacial score (nSPS) is 15.2. The van der Waals surface area contributed by atoms with Gasteiger partial charge in [0.05, 0.1) is 5.75 Å². The third-order valence-corrected chi connectivity index (χ3v) is 7.43. The second-order valence-corrected chi connectivity index (χ2v) is 10.2. The largest absolute Gasteiger partial charge is 0.352 e. The summed E-state index contributed by atoms with van der Waals surface area (Å²) in [4.78, 5) is 27.8. The number of rotatable bonds is 9. The van der Waals surface area contributed by atoms with Gasteiger partial charge in [0.15, 0.2) is 0 Å². The zero-order valence-electron chi connectivity index (χ0n) is 18.7. The maximum atomic E-state index is 14.1. The van der Waals surface area contributed by atoms with E-state index in [0.29, 0.717) is 15.6 Å². The molecule has 1 N–H and O–H groups in total. The van der Waals surface area contributed by atoms with Crippen LogP contribution in [0.25, 0.3) is 0 Å². The fraction of sp³-hybridized carbons (Fsp3) is 0.440. The average molecular weight is 511 g/mol. The zero-order valence-corrected chi connectivity index (χ0v) is 21.0. The number of amides is 2. The molecule has 2 aromatic carbocycles. The fourth-order valence-electron chi connectivity index (χ4n) is 3.98. The van der Waals surface area contributed by atoms with Gasteiger partial charge in [-0.25, -0.2) is 4.39 Å². The first-order chi connectivity index (χ1) is 15.8. The van der Waals surface area contributed by atoms with Crippen LogP contribution in [0.15, 0.2) is 42.5 Å². The Hall–Kier alpha value is -1.76. The van der Waals surface area contributed by atoms with Gasteiger partial charge in [0.2, 0.25) is 11.8 Å². The summed E-state index contributed by atoms with van der Waals surface area (Å²) in [6, 6.07) is 11.3. The number of carbonyl (C=O) groups excluding carboxylic acids is 2. The second kappa shape index (κ2) is 12.6. The van der Waals surface area contributed by atoms with Crippen LogP contribution in [0.4, 0.5) is 4.39 Å². The van der Waals surface area contributed by atoms with Crippen LogP contribution in [0.1, 0.15) is 50.2 Å². The van der Waals surface area contributed by atoms with E-state index in [1.807, 2.05) is 12.1 Å². The molecule has 2 amide bonds. The van der Waals surface area contributed by atoms with E-state index in [2.05, 4.69) is 5.32 Å².